The Labute approximate surface area is 108 Å². The van der Waals surface area contributed by atoms with Crippen molar-refractivity contribution in [3.63, 3.8) is 0 Å². The lowest BCUT2D eigenvalue weighted by Crippen LogP contribution is -2.23. The van der Waals surface area contributed by atoms with E-state index in [0.717, 1.165) is 17.5 Å². The molecule has 1 aromatic carbocycles. The monoisotopic (exact) mass is 245 g/mol. The Kier molecular flexibility index (Phi) is 3.50. The number of carbonyl (C=O) groups excluding carboxylic acids is 2. The van der Waals surface area contributed by atoms with Crippen LogP contribution in [0.2, 0.25) is 0 Å². The second kappa shape index (κ2) is 4.92. The fourth-order valence-electron chi connectivity index (χ4n) is 2.44. The van der Waals surface area contributed by atoms with Crippen LogP contribution >= 0.6 is 0 Å². The maximum atomic E-state index is 12.0. The summed E-state index contributed by atoms with van der Waals surface area (Å²) < 4.78 is 0. The third-order valence-corrected chi connectivity index (χ3v) is 3.62. The normalized spacial score (nSPS) is 17.7. The lowest BCUT2D eigenvalue weighted by atomic mass is 9.96. The van der Waals surface area contributed by atoms with E-state index in [1.54, 1.807) is 19.0 Å². The molecule has 0 radical (unpaired) electrons. The van der Waals surface area contributed by atoms with Crippen LogP contribution in [-0.4, -0.2) is 30.7 Å². The molecule has 1 unspecified atom stereocenters. The van der Waals surface area contributed by atoms with Crippen LogP contribution in [0.4, 0.5) is 0 Å². The average molecular weight is 245 g/mol. The van der Waals surface area contributed by atoms with Crippen molar-refractivity contribution in [3.8, 4) is 0 Å². The van der Waals surface area contributed by atoms with Gasteiger partial charge in [-0.1, -0.05) is 19.1 Å². The first-order chi connectivity index (χ1) is 8.52. The van der Waals surface area contributed by atoms with Gasteiger partial charge in [-0.2, -0.15) is 0 Å². The Bertz CT molecular complexity index is 491. The SMILES string of the molecule is CCc1ccc2c(c1)C(=O)CC2CC(=O)N(C)C. The number of amides is 1. The quantitative estimate of drug-likeness (QED) is 0.820. The van der Waals surface area contributed by atoms with Gasteiger partial charge in [-0.25, -0.2) is 0 Å². The van der Waals surface area contributed by atoms with Crippen molar-refractivity contribution >= 4 is 11.7 Å². The summed E-state index contributed by atoms with van der Waals surface area (Å²) in [6.07, 6.45) is 1.83. The molecule has 2 rings (SSSR count). The van der Waals surface area contributed by atoms with E-state index in [9.17, 15) is 9.59 Å². The highest BCUT2D eigenvalue weighted by Crippen LogP contribution is 2.36. The predicted octanol–water partition coefficient (Wildman–Crippen LogP) is 2.40. The molecule has 1 aliphatic carbocycles. The molecular formula is C15H19NO2. The van der Waals surface area contributed by atoms with Crippen molar-refractivity contribution in [2.45, 2.75) is 32.1 Å². The Morgan fingerprint density at radius 3 is 2.72 bits per heavy atom. The lowest BCUT2D eigenvalue weighted by molar-refractivity contribution is -0.129. The Balaban J connectivity index is 2.25. The van der Waals surface area contributed by atoms with E-state index < -0.39 is 0 Å². The van der Waals surface area contributed by atoms with Gasteiger partial charge < -0.3 is 4.90 Å². The molecule has 0 saturated carbocycles. The zero-order valence-corrected chi connectivity index (χ0v) is 11.2. The maximum Gasteiger partial charge on any atom is 0.222 e. The van der Waals surface area contributed by atoms with Crippen molar-refractivity contribution in [2.75, 3.05) is 14.1 Å². The summed E-state index contributed by atoms with van der Waals surface area (Å²) >= 11 is 0. The molecule has 0 aromatic heterocycles. The molecule has 1 amide bonds. The minimum absolute atomic E-state index is 0.0632. The van der Waals surface area contributed by atoms with E-state index in [4.69, 9.17) is 0 Å². The van der Waals surface area contributed by atoms with Crippen LogP contribution in [0.5, 0.6) is 0 Å². The third-order valence-electron chi connectivity index (χ3n) is 3.62. The standard InChI is InChI=1S/C15H19NO2/c1-4-10-5-6-12-11(9-15(18)16(2)3)8-14(17)13(12)7-10/h5-7,11H,4,8-9H2,1-3H3. The molecule has 0 fully saturated rings. The van der Waals surface area contributed by atoms with Gasteiger partial charge in [-0.05, 0) is 23.6 Å². The Morgan fingerprint density at radius 1 is 1.39 bits per heavy atom. The largest absolute Gasteiger partial charge is 0.349 e. The van der Waals surface area contributed by atoms with Gasteiger partial charge in [0, 0.05) is 38.4 Å². The van der Waals surface area contributed by atoms with Gasteiger partial charge in [0.25, 0.3) is 0 Å². The Hall–Kier alpha value is -1.64. The van der Waals surface area contributed by atoms with Crippen molar-refractivity contribution < 1.29 is 9.59 Å². The average Bonchev–Trinajstić information content (AvgIpc) is 2.65. The Morgan fingerprint density at radius 2 is 2.11 bits per heavy atom. The summed E-state index contributed by atoms with van der Waals surface area (Å²) in [6, 6.07) is 6.06. The molecular weight excluding hydrogens is 226 g/mol. The highest BCUT2D eigenvalue weighted by atomic mass is 16.2. The molecule has 96 valence electrons. The first kappa shape index (κ1) is 12.8. The summed E-state index contributed by atoms with van der Waals surface area (Å²) in [6.45, 7) is 2.08. The molecule has 18 heavy (non-hydrogen) atoms. The number of hydrogen-bond donors (Lipinski definition) is 0. The number of Topliss-reactive ketones (excluding diaryl/α,β-unsaturated/α-hetero) is 1. The van der Waals surface area contributed by atoms with E-state index in [1.807, 2.05) is 12.1 Å². The van der Waals surface area contributed by atoms with Gasteiger partial charge in [0.05, 0.1) is 0 Å². The van der Waals surface area contributed by atoms with E-state index in [1.165, 1.54) is 5.56 Å². The lowest BCUT2D eigenvalue weighted by Gasteiger charge is -2.14. The van der Waals surface area contributed by atoms with Crippen LogP contribution in [0.1, 0.15) is 47.2 Å². The number of fused-ring (bicyclic) bond motifs is 1. The van der Waals surface area contributed by atoms with Gasteiger partial charge >= 0.3 is 0 Å². The van der Waals surface area contributed by atoms with Crippen molar-refractivity contribution in [1.29, 1.82) is 0 Å². The molecule has 0 saturated heterocycles. The minimum Gasteiger partial charge on any atom is -0.349 e. The van der Waals surface area contributed by atoms with Crippen LogP contribution < -0.4 is 0 Å². The summed E-state index contributed by atoms with van der Waals surface area (Å²) in [5.74, 6) is 0.324. The summed E-state index contributed by atoms with van der Waals surface area (Å²) in [7, 11) is 3.50. The zero-order valence-electron chi connectivity index (χ0n) is 11.2. The van der Waals surface area contributed by atoms with Crippen molar-refractivity contribution in [1.82, 2.24) is 4.90 Å². The molecule has 3 nitrogen and oxygen atoms in total. The molecule has 1 aromatic rings. The number of carbonyl (C=O) groups is 2. The zero-order chi connectivity index (χ0) is 13.3. The molecule has 1 aliphatic rings. The van der Waals surface area contributed by atoms with Crippen LogP contribution in [-0.2, 0) is 11.2 Å². The van der Waals surface area contributed by atoms with E-state index in [0.29, 0.717) is 12.8 Å². The van der Waals surface area contributed by atoms with Gasteiger partial charge in [0.15, 0.2) is 5.78 Å². The number of rotatable bonds is 3. The highest BCUT2D eigenvalue weighted by molar-refractivity contribution is 6.02. The van der Waals surface area contributed by atoms with Crippen LogP contribution in [0.15, 0.2) is 18.2 Å². The number of benzene rings is 1. The maximum absolute atomic E-state index is 12.0. The molecule has 0 bridgehead atoms. The topological polar surface area (TPSA) is 37.4 Å². The first-order valence-corrected chi connectivity index (χ1v) is 6.39. The summed E-state index contributed by atoms with van der Waals surface area (Å²) in [5, 5.41) is 0. The fourth-order valence-corrected chi connectivity index (χ4v) is 2.44. The van der Waals surface area contributed by atoms with Gasteiger partial charge in [-0.15, -0.1) is 0 Å². The summed E-state index contributed by atoms with van der Waals surface area (Å²) in [4.78, 5) is 25.3. The fraction of sp³-hybridized carbons (Fsp3) is 0.467. The van der Waals surface area contributed by atoms with Crippen LogP contribution in [0.3, 0.4) is 0 Å². The van der Waals surface area contributed by atoms with Crippen LogP contribution in [0, 0.1) is 0 Å². The molecule has 1 atom stereocenters. The van der Waals surface area contributed by atoms with Gasteiger partial charge in [-0.3, -0.25) is 9.59 Å². The number of hydrogen-bond acceptors (Lipinski definition) is 2. The van der Waals surface area contributed by atoms with Gasteiger partial charge in [0.2, 0.25) is 5.91 Å². The molecule has 3 heteroatoms. The second-order valence-electron chi connectivity index (χ2n) is 5.09. The van der Waals surface area contributed by atoms with E-state index in [2.05, 4.69) is 13.0 Å². The predicted molar refractivity (Wildman–Crippen MR) is 70.8 cm³/mol. The highest BCUT2D eigenvalue weighted by Gasteiger charge is 2.31. The molecule has 0 aliphatic heterocycles. The minimum atomic E-state index is 0.0632. The first-order valence-electron chi connectivity index (χ1n) is 6.39. The van der Waals surface area contributed by atoms with Crippen LogP contribution in [0.25, 0.3) is 0 Å². The molecule has 0 heterocycles. The third kappa shape index (κ3) is 2.30. The van der Waals surface area contributed by atoms with E-state index in [-0.39, 0.29) is 17.6 Å². The van der Waals surface area contributed by atoms with Crippen molar-refractivity contribution in [2.24, 2.45) is 0 Å². The molecule has 0 N–H and O–H groups in total. The number of ketones is 1. The molecule has 0 spiro atoms. The summed E-state index contributed by atoms with van der Waals surface area (Å²) in [5.41, 5.74) is 3.06. The smallest absolute Gasteiger partial charge is 0.222 e. The van der Waals surface area contributed by atoms with E-state index >= 15 is 0 Å². The number of aryl methyl sites for hydroxylation is 1. The van der Waals surface area contributed by atoms with Crippen molar-refractivity contribution in [3.05, 3.63) is 34.9 Å². The second-order valence-corrected chi connectivity index (χ2v) is 5.09. The van der Waals surface area contributed by atoms with Gasteiger partial charge in [0.1, 0.15) is 0 Å². The number of nitrogens with zero attached hydrogens (tertiary/aromatic N) is 1.